The van der Waals surface area contributed by atoms with Crippen molar-refractivity contribution in [1.29, 1.82) is 0 Å². The zero-order valence-electron chi connectivity index (χ0n) is 10.8. The van der Waals surface area contributed by atoms with Gasteiger partial charge in [0.1, 0.15) is 4.90 Å². The molecule has 1 aliphatic heterocycles. The van der Waals surface area contributed by atoms with Gasteiger partial charge in [-0.05, 0) is 18.2 Å². The normalized spacial score (nSPS) is 25.4. The van der Waals surface area contributed by atoms with Crippen molar-refractivity contribution in [3.05, 3.63) is 23.2 Å². The van der Waals surface area contributed by atoms with Gasteiger partial charge in [-0.15, -0.1) is 0 Å². The van der Waals surface area contributed by atoms with Gasteiger partial charge in [-0.25, -0.2) is 8.42 Å². The molecule has 1 aromatic rings. The lowest BCUT2D eigenvalue weighted by Gasteiger charge is -2.33. The molecule has 0 amide bonds. The lowest BCUT2D eigenvalue weighted by molar-refractivity contribution is 0.405. The number of hydrogen-bond donors (Lipinski definition) is 1. The second-order valence-corrected chi connectivity index (χ2v) is 8.96. The van der Waals surface area contributed by atoms with Crippen LogP contribution in [-0.2, 0) is 10.0 Å². The van der Waals surface area contributed by atoms with Gasteiger partial charge in [0.2, 0.25) is 10.0 Å². The van der Waals surface area contributed by atoms with Crippen LogP contribution in [0.15, 0.2) is 23.1 Å². The van der Waals surface area contributed by atoms with Crippen molar-refractivity contribution in [2.24, 2.45) is 0 Å². The molecule has 0 bridgehead atoms. The molecule has 2 N–H and O–H groups in total. The molecule has 0 aromatic heterocycles. The average Bonchev–Trinajstić information content (AvgIpc) is 2.26. The number of halogens is 1. The highest BCUT2D eigenvalue weighted by atomic mass is 35.5. The van der Waals surface area contributed by atoms with Gasteiger partial charge in [0.05, 0.1) is 5.02 Å². The van der Waals surface area contributed by atoms with Crippen molar-refractivity contribution in [3.8, 4) is 0 Å². The van der Waals surface area contributed by atoms with Gasteiger partial charge in [-0.2, -0.15) is 16.1 Å². The summed E-state index contributed by atoms with van der Waals surface area (Å²) in [5.74, 6) is 0. The Hall–Kier alpha value is -0.430. The van der Waals surface area contributed by atoms with E-state index < -0.39 is 10.0 Å². The third kappa shape index (κ3) is 3.18. The van der Waals surface area contributed by atoms with Gasteiger partial charge < -0.3 is 5.73 Å². The highest BCUT2D eigenvalue weighted by Crippen LogP contribution is 2.32. The van der Waals surface area contributed by atoms with Gasteiger partial charge in [0.15, 0.2) is 0 Å². The van der Waals surface area contributed by atoms with Crippen molar-refractivity contribution < 1.29 is 8.42 Å². The Morgan fingerprint density at radius 1 is 1.32 bits per heavy atom. The van der Waals surface area contributed by atoms with Crippen LogP contribution in [-0.4, -0.2) is 36.3 Å². The highest BCUT2D eigenvalue weighted by molar-refractivity contribution is 8.00. The Morgan fingerprint density at radius 3 is 2.42 bits per heavy atom. The molecule has 4 nitrogen and oxygen atoms in total. The van der Waals surface area contributed by atoms with E-state index in [2.05, 4.69) is 0 Å². The molecule has 1 heterocycles. The van der Waals surface area contributed by atoms with E-state index in [1.807, 2.05) is 13.8 Å². The summed E-state index contributed by atoms with van der Waals surface area (Å²) < 4.78 is 26.7. The molecule has 19 heavy (non-hydrogen) atoms. The Balaban J connectivity index is 2.36. The fourth-order valence-electron chi connectivity index (χ4n) is 2.19. The lowest BCUT2D eigenvalue weighted by atomic mass is 10.3. The van der Waals surface area contributed by atoms with Crippen LogP contribution in [0.4, 0.5) is 5.69 Å². The van der Waals surface area contributed by atoms with Gasteiger partial charge in [0, 0.05) is 29.3 Å². The minimum atomic E-state index is -3.54. The van der Waals surface area contributed by atoms with Crippen LogP contribution < -0.4 is 5.73 Å². The van der Waals surface area contributed by atoms with Gasteiger partial charge >= 0.3 is 0 Å². The maximum Gasteiger partial charge on any atom is 0.244 e. The number of hydrogen-bond acceptors (Lipinski definition) is 4. The van der Waals surface area contributed by atoms with E-state index in [9.17, 15) is 8.42 Å². The summed E-state index contributed by atoms with van der Waals surface area (Å²) in [6, 6.07) is 4.51. The largest absolute Gasteiger partial charge is 0.399 e. The van der Waals surface area contributed by atoms with E-state index in [1.54, 1.807) is 17.8 Å². The first kappa shape index (κ1) is 15.0. The lowest BCUT2D eigenvalue weighted by Crippen LogP contribution is -2.44. The van der Waals surface area contributed by atoms with E-state index in [4.69, 9.17) is 17.3 Å². The summed E-state index contributed by atoms with van der Waals surface area (Å²) >= 11 is 7.82. The molecular weight excluding hydrogens is 304 g/mol. The molecule has 1 fully saturated rings. The predicted molar refractivity (Wildman–Crippen MR) is 81.1 cm³/mol. The summed E-state index contributed by atoms with van der Waals surface area (Å²) in [7, 11) is -3.54. The number of benzene rings is 1. The summed E-state index contributed by atoms with van der Waals surface area (Å²) in [6.45, 7) is 5.09. The average molecular weight is 321 g/mol. The molecule has 106 valence electrons. The Labute approximate surface area is 123 Å². The maximum absolute atomic E-state index is 12.6. The number of nitrogen functional groups attached to an aromatic ring is 1. The smallest absolute Gasteiger partial charge is 0.244 e. The summed E-state index contributed by atoms with van der Waals surface area (Å²) in [6.07, 6.45) is 0. The second-order valence-electron chi connectivity index (χ2n) is 4.77. The summed E-state index contributed by atoms with van der Waals surface area (Å²) in [4.78, 5) is 0.134. The van der Waals surface area contributed by atoms with Gasteiger partial charge in [0.25, 0.3) is 0 Å². The molecule has 2 unspecified atom stereocenters. The summed E-state index contributed by atoms with van der Waals surface area (Å²) in [5, 5.41) is 0.746. The standard InChI is InChI=1S/C12H17ClN2O2S2/c1-8-6-15(7-9(2)18-8)19(16,17)12-4-3-10(14)5-11(12)13/h3-5,8-9H,6-7,14H2,1-2H3. The first-order chi connectivity index (χ1) is 8.80. The molecule has 0 aliphatic carbocycles. The third-order valence-corrected chi connectivity index (χ3v) is 6.50. The van der Waals surface area contributed by atoms with E-state index in [0.717, 1.165) is 0 Å². The van der Waals surface area contributed by atoms with Gasteiger partial charge in [-0.3, -0.25) is 0 Å². The van der Waals surface area contributed by atoms with Crippen LogP contribution >= 0.6 is 23.4 Å². The molecular formula is C12H17ClN2O2S2. The van der Waals surface area contributed by atoms with Crippen molar-refractivity contribution in [3.63, 3.8) is 0 Å². The predicted octanol–water partition coefficient (Wildman–Crippen LogP) is 2.44. The fourth-order valence-corrected chi connectivity index (χ4v) is 5.85. The van der Waals surface area contributed by atoms with Crippen LogP contribution in [0.1, 0.15) is 13.8 Å². The first-order valence-corrected chi connectivity index (χ1v) is 8.77. The van der Waals surface area contributed by atoms with Gasteiger partial charge in [-0.1, -0.05) is 25.4 Å². The van der Waals surface area contributed by atoms with E-state index in [1.165, 1.54) is 16.4 Å². The SMILES string of the molecule is CC1CN(S(=O)(=O)c2ccc(N)cc2Cl)CC(C)S1. The fraction of sp³-hybridized carbons (Fsp3) is 0.500. The first-order valence-electron chi connectivity index (χ1n) is 6.01. The molecule has 1 aromatic carbocycles. The number of sulfonamides is 1. The van der Waals surface area contributed by atoms with Crippen LogP contribution in [0.25, 0.3) is 0 Å². The van der Waals surface area contributed by atoms with E-state index >= 15 is 0 Å². The monoisotopic (exact) mass is 320 g/mol. The number of thioether (sulfide) groups is 1. The Kier molecular flexibility index (Phi) is 4.35. The molecule has 2 atom stereocenters. The minimum Gasteiger partial charge on any atom is -0.399 e. The number of nitrogens with zero attached hydrogens (tertiary/aromatic N) is 1. The molecule has 7 heteroatoms. The molecule has 0 spiro atoms. The third-order valence-electron chi connectivity index (χ3n) is 2.96. The van der Waals surface area contributed by atoms with Crippen LogP contribution in [0.5, 0.6) is 0 Å². The number of anilines is 1. The van der Waals surface area contributed by atoms with Crippen molar-refractivity contribution in [2.75, 3.05) is 18.8 Å². The molecule has 0 radical (unpaired) electrons. The highest BCUT2D eigenvalue weighted by Gasteiger charge is 2.33. The van der Waals surface area contributed by atoms with Crippen molar-refractivity contribution >= 4 is 39.1 Å². The van der Waals surface area contributed by atoms with Crippen LogP contribution in [0.3, 0.4) is 0 Å². The topological polar surface area (TPSA) is 63.4 Å². The Bertz CT molecular complexity index is 567. The zero-order valence-corrected chi connectivity index (χ0v) is 13.2. The number of nitrogens with two attached hydrogens (primary N) is 1. The molecule has 1 saturated heterocycles. The van der Waals surface area contributed by atoms with E-state index in [-0.39, 0.29) is 20.4 Å². The summed E-state index contributed by atoms with van der Waals surface area (Å²) in [5.41, 5.74) is 6.06. The Morgan fingerprint density at radius 2 is 1.89 bits per heavy atom. The van der Waals surface area contributed by atoms with Crippen LogP contribution in [0.2, 0.25) is 5.02 Å². The van der Waals surface area contributed by atoms with E-state index in [0.29, 0.717) is 18.8 Å². The number of rotatable bonds is 2. The maximum atomic E-state index is 12.6. The molecule has 0 saturated carbocycles. The molecule has 1 aliphatic rings. The second kappa shape index (κ2) is 5.52. The quantitative estimate of drug-likeness (QED) is 0.850. The van der Waals surface area contributed by atoms with Crippen LogP contribution in [0, 0.1) is 0 Å². The molecule has 2 rings (SSSR count). The zero-order chi connectivity index (χ0) is 14.2. The van der Waals surface area contributed by atoms with Crippen molar-refractivity contribution in [1.82, 2.24) is 4.31 Å². The van der Waals surface area contributed by atoms with Crippen molar-refractivity contribution in [2.45, 2.75) is 29.2 Å². The minimum absolute atomic E-state index is 0.134.